The topological polar surface area (TPSA) is 81.2 Å². The van der Waals surface area contributed by atoms with Crippen LogP contribution in [0.5, 0.6) is 0 Å². The molecule has 0 atom stereocenters. The Morgan fingerprint density at radius 2 is 2.21 bits per heavy atom. The van der Waals surface area contributed by atoms with Crippen molar-refractivity contribution in [3.8, 4) is 0 Å². The summed E-state index contributed by atoms with van der Waals surface area (Å²) in [7, 11) is 1.29. The summed E-state index contributed by atoms with van der Waals surface area (Å²) in [6, 6.07) is 0. The van der Waals surface area contributed by atoms with Crippen molar-refractivity contribution in [2.45, 2.75) is 0 Å². The number of aldehydes is 1. The molecule has 0 fully saturated rings. The number of methoxy groups -OCH3 is 1. The zero-order chi connectivity index (χ0) is 10.4. The van der Waals surface area contributed by atoms with E-state index in [1.807, 2.05) is 0 Å². The van der Waals surface area contributed by atoms with E-state index in [0.29, 0.717) is 11.8 Å². The molecule has 0 aliphatic rings. The van der Waals surface area contributed by atoms with Gasteiger partial charge in [-0.25, -0.2) is 9.97 Å². The van der Waals surface area contributed by atoms with Crippen LogP contribution in [0.4, 0.5) is 5.95 Å². The highest BCUT2D eigenvalue weighted by Crippen LogP contribution is 1.96. The van der Waals surface area contributed by atoms with Crippen molar-refractivity contribution in [3.63, 3.8) is 0 Å². The average Bonchev–Trinajstić information content (AvgIpc) is 2.26. The van der Waals surface area contributed by atoms with Gasteiger partial charge in [-0.3, -0.25) is 9.59 Å². The maximum atomic E-state index is 10.7. The van der Waals surface area contributed by atoms with Crippen LogP contribution < -0.4 is 5.32 Å². The van der Waals surface area contributed by atoms with Gasteiger partial charge in [0, 0.05) is 12.4 Å². The molecule has 0 bridgehead atoms. The van der Waals surface area contributed by atoms with Crippen molar-refractivity contribution in [2.24, 2.45) is 0 Å². The van der Waals surface area contributed by atoms with Crippen LogP contribution in [0.2, 0.25) is 0 Å². The van der Waals surface area contributed by atoms with Crippen molar-refractivity contribution >= 4 is 18.2 Å². The third kappa shape index (κ3) is 2.81. The van der Waals surface area contributed by atoms with Gasteiger partial charge in [-0.1, -0.05) is 0 Å². The highest BCUT2D eigenvalue weighted by atomic mass is 16.5. The van der Waals surface area contributed by atoms with E-state index in [9.17, 15) is 9.59 Å². The smallest absolute Gasteiger partial charge is 0.325 e. The highest BCUT2D eigenvalue weighted by Gasteiger charge is 2.01. The minimum atomic E-state index is -0.409. The number of anilines is 1. The lowest BCUT2D eigenvalue weighted by molar-refractivity contribution is -0.138. The van der Waals surface area contributed by atoms with Crippen molar-refractivity contribution < 1.29 is 14.3 Å². The Bertz CT molecular complexity index is 323. The maximum absolute atomic E-state index is 10.7. The predicted octanol–water partition coefficient (Wildman–Crippen LogP) is -0.126. The predicted molar refractivity (Wildman–Crippen MR) is 47.9 cm³/mol. The lowest BCUT2D eigenvalue weighted by Gasteiger charge is -2.01. The zero-order valence-corrected chi connectivity index (χ0v) is 7.56. The molecule has 6 nitrogen and oxygen atoms in total. The fourth-order valence-electron chi connectivity index (χ4n) is 0.714. The first-order valence-corrected chi connectivity index (χ1v) is 3.84. The normalized spacial score (nSPS) is 9.21. The van der Waals surface area contributed by atoms with E-state index in [2.05, 4.69) is 20.0 Å². The first kappa shape index (κ1) is 10.1. The number of hydrogen-bond acceptors (Lipinski definition) is 6. The third-order valence-electron chi connectivity index (χ3n) is 1.43. The number of rotatable bonds is 4. The number of carbonyl (C=O) groups is 2. The molecule has 14 heavy (non-hydrogen) atoms. The van der Waals surface area contributed by atoms with Crippen molar-refractivity contribution in [1.82, 2.24) is 9.97 Å². The minimum absolute atomic E-state index is 0.00304. The van der Waals surface area contributed by atoms with Gasteiger partial charge >= 0.3 is 5.97 Å². The van der Waals surface area contributed by atoms with Gasteiger partial charge in [0.05, 0.1) is 12.7 Å². The Kier molecular flexibility index (Phi) is 3.54. The number of ether oxygens (including phenoxy) is 1. The van der Waals surface area contributed by atoms with Gasteiger partial charge in [-0.05, 0) is 0 Å². The second kappa shape index (κ2) is 4.90. The molecular formula is C8H9N3O3. The molecule has 0 saturated heterocycles. The Labute approximate surface area is 80.3 Å². The van der Waals surface area contributed by atoms with Gasteiger partial charge in [0.25, 0.3) is 0 Å². The Morgan fingerprint density at radius 3 is 2.71 bits per heavy atom. The molecule has 0 radical (unpaired) electrons. The summed E-state index contributed by atoms with van der Waals surface area (Å²) in [4.78, 5) is 28.6. The van der Waals surface area contributed by atoms with Crippen LogP contribution in [0.1, 0.15) is 10.4 Å². The standard InChI is InChI=1S/C8H9N3O3/c1-14-7(13)4-11-8-9-2-6(5-12)3-10-8/h2-3,5H,4H2,1H3,(H,9,10,11). The molecule has 1 heterocycles. The largest absolute Gasteiger partial charge is 0.468 e. The molecule has 0 amide bonds. The summed E-state index contributed by atoms with van der Waals surface area (Å²) in [6.45, 7) is -0.00304. The minimum Gasteiger partial charge on any atom is -0.468 e. The van der Waals surface area contributed by atoms with E-state index >= 15 is 0 Å². The Hall–Kier alpha value is -1.98. The van der Waals surface area contributed by atoms with Gasteiger partial charge in [0.15, 0.2) is 6.29 Å². The zero-order valence-electron chi connectivity index (χ0n) is 7.56. The summed E-state index contributed by atoms with van der Waals surface area (Å²) in [5.74, 6) is -0.130. The second-order valence-corrected chi connectivity index (χ2v) is 2.39. The lowest BCUT2D eigenvalue weighted by atomic mass is 10.4. The van der Waals surface area contributed by atoms with Crippen molar-refractivity contribution in [2.75, 3.05) is 19.0 Å². The molecule has 0 saturated carbocycles. The molecule has 74 valence electrons. The molecule has 0 spiro atoms. The molecule has 6 heteroatoms. The number of hydrogen-bond donors (Lipinski definition) is 1. The van der Waals surface area contributed by atoms with E-state index in [-0.39, 0.29) is 12.5 Å². The molecular weight excluding hydrogens is 186 g/mol. The van der Waals surface area contributed by atoms with Crippen molar-refractivity contribution in [3.05, 3.63) is 18.0 Å². The van der Waals surface area contributed by atoms with E-state index in [1.165, 1.54) is 19.5 Å². The van der Waals surface area contributed by atoms with Crippen LogP contribution in [0.15, 0.2) is 12.4 Å². The van der Waals surface area contributed by atoms with E-state index in [0.717, 1.165) is 0 Å². The van der Waals surface area contributed by atoms with Crippen LogP contribution in [0, 0.1) is 0 Å². The summed E-state index contributed by atoms with van der Waals surface area (Å²) in [5.41, 5.74) is 0.383. The summed E-state index contributed by atoms with van der Waals surface area (Å²) in [5, 5.41) is 2.63. The molecule has 0 aliphatic heterocycles. The molecule has 1 N–H and O–H groups in total. The first-order chi connectivity index (χ1) is 6.76. The first-order valence-electron chi connectivity index (χ1n) is 3.84. The summed E-state index contributed by atoms with van der Waals surface area (Å²) < 4.78 is 4.40. The number of nitrogens with one attached hydrogen (secondary N) is 1. The van der Waals surface area contributed by atoms with Gasteiger partial charge in [-0.15, -0.1) is 0 Å². The maximum Gasteiger partial charge on any atom is 0.325 e. The van der Waals surface area contributed by atoms with E-state index < -0.39 is 5.97 Å². The molecule has 1 aromatic rings. The average molecular weight is 195 g/mol. The second-order valence-electron chi connectivity index (χ2n) is 2.39. The number of aromatic nitrogens is 2. The summed E-state index contributed by atoms with van der Waals surface area (Å²) >= 11 is 0. The van der Waals surface area contributed by atoms with Crippen LogP contribution in [-0.2, 0) is 9.53 Å². The van der Waals surface area contributed by atoms with Crippen LogP contribution >= 0.6 is 0 Å². The van der Waals surface area contributed by atoms with Gasteiger partial charge in [0.1, 0.15) is 6.54 Å². The van der Waals surface area contributed by atoms with Crippen LogP contribution in [0.3, 0.4) is 0 Å². The van der Waals surface area contributed by atoms with E-state index in [1.54, 1.807) is 0 Å². The third-order valence-corrected chi connectivity index (χ3v) is 1.43. The van der Waals surface area contributed by atoms with Gasteiger partial charge in [-0.2, -0.15) is 0 Å². The monoisotopic (exact) mass is 195 g/mol. The molecule has 1 rings (SSSR count). The lowest BCUT2D eigenvalue weighted by Crippen LogP contribution is -2.16. The quantitative estimate of drug-likeness (QED) is 0.532. The van der Waals surface area contributed by atoms with Gasteiger partial charge in [0.2, 0.25) is 5.95 Å². The fourth-order valence-corrected chi connectivity index (χ4v) is 0.714. The number of nitrogens with zero attached hydrogens (tertiary/aromatic N) is 2. The van der Waals surface area contributed by atoms with Crippen molar-refractivity contribution in [1.29, 1.82) is 0 Å². The van der Waals surface area contributed by atoms with Crippen LogP contribution in [-0.4, -0.2) is 35.9 Å². The van der Waals surface area contributed by atoms with Gasteiger partial charge < -0.3 is 10.1 Å². The Morgan fingerprint density at radius 1 is 1.57 bits per heavy atom. The molecule has 0 aromatic carbocycles. The fraction of sp³-hybridized carbons (Fsp3) is 0.250. The molecule has 0 aliphatic carbocycles. The number of esters is 1. The SMILES string of the molecule is COC(=O)CNc1ncc(C=O)cn1. The summed E-state index contributed by atoms with van der Waals surface area (Å²) in [6.07, 6.45) is 3.36. The highest BCUT2D eigenvalue weighted by molar-refractivity contribution is 5.75. The molecule has 1 aromatic heterocycles. The van der Waals surface area contributed by atoms with E-state index in [4.69, 9.17) is 0 Å². The van der Waals surface area contributed by atoms with Crippen LogP contribution in [0.25, 0.3) is 0 Å². The molecule has 0 unspecified atom stereocenters. The Balaban J connectivity index is 2.51. The number of carbonyl (C=O) groups excluding carboxylic acids is 2.